The molecule has 0 amide bonds. The minimum atomic E-state index is -3.96. The van der Waals surface area contributed by atoms with Crippen LogP contribution in [0, 0.1) is 0 Å². The largest absolute Gasteiger partial charge is 0.313 e. The summed E-state index contributed by atoms with van der Waals surface area (Å²) in [5.41, 5.74) is 0.411. The van der Waals surface area contributed by atoms with E-state index < -0.39 is 23.0 Å². The first kappa shape index (κ1) is 14.0. The second-order valence-electron chi connectivity index (χ2n) is 3.25. The minimum Gasteiger partial charge on any atom is -0.313 e. The molecule has 0 aliphatic rings. The number of alkyl halides is 2. The Balaban J connectivity index is 2.80. The normalized spacial score (nSPS) is 12.2. The van der Waals surface area contributed by atoms with Gasteiger partial charge in [-0.25, -0.2) is 21.9 Å². The molecule has 0 saturated carbocycles. The molecule has 0 radical (unpaired) electrons. The molecule has 0 saturated heterocycles. The highest BCUT2D eigenvalue weighted by atomic mass is 32.2. The van der Waals surface area contributed by atoms with Crippen molar-refractivity contribution >= 4 is 10.0 Å². The monoisotopic (exact) mass is 268 g/mol. The number of nitrogens with zero attached hydrogens (tertiary/aromatic N) is 1. The smallest absolute Gasteiger partial charge is 0.257 e. The predicted molar refractivity (Wildman–Crippen MR) is 57.2 cm³/mol. The van der Waals surface area contributed by atoms with Crippen molar-refractivity contribution in [3.8, 4) is 0 Å². The van der Waals surface area contributed by atoms with Gasteiger partial charge in [0.25, 0.3) is 16.4 Å². The summed E-state index contributed by atoms with van der Waals surface area (Å²) in [4.78, 5) is 0. The fourth-order valence-electron chi connectivity index (χ4n) is 1.16. The number of H-pyrrole nitrogens is 1. The van der Waals surface area contributed by atoms with Crippen molar-refractivity contribution in [2.24, 2.45) is 0 Å². The molecule has 0 aliphatic carbocycles. The molecule has 17 heavy (non-hydrogen) atoms. The lowest BCUT2D eigenvalue weighted by atomic mass is 10.3. The summed E-state index contributed by atoms with van der Waals surface area (Å²) in [5.74, 6) is 0. The maximum atomic E-state index is 11.9. The molecule has 0 aliphatic heterocycles. The first-order valence-corrected chi connectivity index (χ1v) is 6.46. The molecule has 1 aromatic heterocycles. The zero-order valence-electron chi connectivity index (χ0n) is 9.20. The minimum absolute atomic E-state index is 0.181. The second-order valence-corrected chi connectivity index (χ2v) is 4.95. The highest BCUT2D eigenvalue weighted by Crippen LogP contribution is 2.11. The van der Waals surface area contributed by atoms with Crippen LogP contribution < -0.4 is 10.0 Å². The number of hydrogen-bond acceptors (Lipinski definition) is 4. The number of halogens is 2. The van der Waals surface area contributed by atoms with Crippen LogP contribution in [0.25, 0.3) is 0 Å². The fourth-order valence-corrected chi connectivity index (χ4v) is 2.30. The van der Waals surface area contributed by atoms with Gasteiger partial charge in [-0.3, -0.25) is 5.10 Å². The molecule has 9 heteroatoms. The number of aromatic amines is 1. The predicted octanol–water partition coefficient (Wildman–Crippen LogP) is 0.0626. The number of hydrogen-bond donors (Lipinski definition) is 3. The van der Waals surface area contributed by atoms with E-state index in [-0.39, 0.29) is 5.03 Å². The van der Waals surface area contributed by atoms with Gasteiger partial charge in [0.15, 0.2) is 5.03 Å². The Morgan fingerprint density at radius 1 is 1.53 bits per heavy atom. The number of rotatable bonds is 7. The van der Waals surface area contributed by atoms with Crippen molar-refractivity contribution in [2.75, 3.05) is 13.1 Å². The summed E-state index contributed by atoms with van der Waals surface area (Å²) < 4.78 is 49.0. The van der Waals surface area contributed by atoms with Gasteiger partial charge >= 0.3 is 0 Å². The van der Waals surface area contributed by atoms with Gasteiger partial charge in [0.05, 0.1) is 12.7 Å². The molecule has 1 heterocycles. The highest BCUT2D eigenvalue weighted by Gasteiger charge is 2.21. The quantitative estimate of drug-likeness (QED) is 0.653. The lowest BCUT2D eigenvalue weighted by Crippen LogP contribution is -2.30. The molecule has 0 unspecified atom stereocenters. The van der Waals surface area contributed by atoms with Gasteiger partial charge in [-0.05, 0) is 6.54 Å². The maximum Gasteiger partial charge on any atom is 0.257 e. The molecule has 3 N–H and O–H groups in total. The van der Waals surface area contributed by atoms with Crippen molar-refractivity contribution in [3.05, 3.63) is 11.8 Å². The van der Waals surface area contributed by atoms with Crippen LogP contribution in [0.4, 0.5) is 8.78 Å². The molecule has 1 rings (SSSR count). The Bertz CT molecular complexity index is 446. The molecule has 6 nitrogen and oxygen atoms in total. The second kappa shape index (κ2) is 6.03. The van der Waals surface area contributed by atoms with Crippen LogP contribution in [0.2, 0.25) is 0 Å². The Hall–Kier alpha value is -1.06. The maximum absolute atomic E-state index is 11.9. The van der Waals surface area contributed by atoms with E-state index in [0.717, 1.165) is 0 Å². The summed E-state index contributed by atoms with van der Waals surface area (Å²) in [5, 5.41) is 8.64. The lowest BCUT2D eigenvalue weighted by molar-refractivity contribution is 0.153. The van der Waals surface area contributed by atoms with Crippen molar-refractivity contribution in [3.63, 3.8) is 0 Å². The Morgan fingerprint density at radius 2 is 2.24 bits per heavy atom. The molecular formula is C8H14F2N4O2S. The van der Waals surface area contributed by atoms with Crippen molar-refractivity contribution in [1.29, 1.82) is 0 Å². The molecular weight excluding hydrogens is 254 g/mol. The van der Waals surface area contributed by atoms with Crippen molar-refractivity contribution < 1.29 is 17.2 Å². The number of aromatic nitrogens is 2. The first-order chi connectivity index (χ1) is 7.97. The summed E-state index contributed by atoms with van der Waals surface area (Å²) in [6.07, 6.45) is -1.38. The van der Waals surface area contributed by atoms with Crippen molar-refractivity contribution in [1.82, 2.24) is 20.2 Å². The average Bonchev–Trinajstić information content (AvgIpc) is 2.72. The van der Waals surface area contributed by atoms with E-state index in [4.69, 9.17) is 0 Å². The molecule has 0 bridgehead atoms. The molecule has 98 valence electrons. The van der Waals surface area contributed by atoms with Gasteiger partial charge < -0.3 is 5.32 Å². The van der Waals surface area contributed by atoms with Crippen LogP contribution in [-0.4, -0.2) is 38.1 Å². The van der Waals surface area contributed by atoms with Gasteiger partial charge in [-0.1, -0.05) is 6.92 Å². The fraction of sp³-hybridized carbons (Fsp3) is 0.625. The van der Waals surface area contributed by atoms with Gasteiger partial charge in [-0.2, -0.15) is 5.10 Å². The third-order valence-electron chi connectivity index (χ3n) is 1.94. The molecule has 1 aromatic rings. The van der Waals surface area contributed by atoms with Gasteiger partial charge in [0.2, 0.25) is 0 Å². The van der Waals surface area contributed by atoms with Gasteiger partial charge in [-0.15, -0.1) is 0 Å². The van der Waals surface area contributed by atoms with Crippen LogP contribution in [0.15, 0.2) is 11.2 Å². The molecule has 0 atom stereocenters. The molecule has 0 spiro atoms. The number of nitrogens with one attached hydrogen (secondary N) is 3. The first-order valence-electron chi connectivity index (χ1n) is 4.98. The highest BCUT2D eigenvalue weighted by molar-refractivity contribution is 7.89. The van der Waals surface area contributed by atoms with E-state index in [1.807, 2.05) is 6.92 Å². The Morgan fingerprint density at radius 3 is 2.82 bits per heavy atom. The van der Waals surface area contributed by atoms with Crippen LogP contribution in [-0.2, 0) is 16.6 Å². The van der Waals surface area contributed by atoms with E-state index in [1.54, 1.807) is 4.72 Å². The van der Waals surface area contributed by atoms with E-state index >= 15 is 0 Å². The summed E-state index contributed by atoms with van der Waals surface area (Å²) in [6, 6.07) is 0. The third-order valence-corrected chi connectivity index (χ3v) is 3.38. The number of sulfonamides is 1. The summed E-state index contributed by atoms with van der Waals surface area (Å²) >= 11 is 0. The zero-order chi connectivity index (χ0) is 12.9. The van der Waals surface area contributed by atoms with Gasteiger partial charge in [0.1, 0.15) is 0 Å². The van der Waals surface area contributed by atoms with Crippen molar-refractivity contribution in [2.45, 2.75) is 24.9 Å². The standard InChI is InChI=1S/C8H14F2N4O2S/c1-2-11-3-6-4-12-14-8(6)17(15,16)13-5-7(9)10/h4,7,11,13H,2-3,5H2,1H3,(H,12,14). The van der Waals surface area contributed by atoms with Crippen LogP contribution >= 0.6 is 0 Å². The van der Waals surface area contributed by atoms with E-state index in [1.165, 1.54) is 6.20 Å². The summed E-state index contributed by atoms with van der Waals surface area (Å²) in [6.45, 7) is 1.92. The van der Waals surface area contributed by atoms with E-state index in [2.05, 4.69) is 15.5 Å². The Kier molecular flexibility index (Phi) is 4.97. The topological polar surface area (TPSA) is 86.9 Å². The van der Waals surface area contributed by atoms with Crippen LogP contribution in [0.5, 0.6) is 0 Å². The molecule has 0 aromatic carbocycles. The lowest BCUT2D eigenvalue weighted by Gasteiger charge is -2.06. The zero-order valence-corrected chi connectivity index (χ0v) is 10.0. The summed E-state index contributed by atoms with van der Waals surface area (Å²) in [7, 11) is -3.96. The van der Waals surface area contributed by atoms with E-state index in [9.17, 15) is 17.2 Å². The van der Waals surface area contributed by atoms with E-state index in [0.29, 0.717) is 18.7 Å². The van der Waals surface area contributed by atoms with Crippen LogP contribution in [0.3, 0.4) is 0 Å². The van der Waals surface area contributed by atoms with Gasteiger partial charge in [0, 0.05) is 12.1 Å². The third kappa shape index (κ3) is 4.02. The Labute approximate surface area is 97.8 Å². The molecule has 0 fully saturated rings. The van der Waals surface area contributed by atoms with Crippen LogP contribution in [0.1, 0.15) is 12.5 Å². The SMILES string of the molecule is CCNCc1cn[nH]c1S(=O)(=O)NCC(F)F. The average molecular weight is 268 g/mol.